The van der Waals surface area contributed by atoms with Gasteiger partial charge in [-0.3, -0.25) is 0 Å². The Hall–Kier alpha value is -0.980. The predicted molar refractivity (Wildman–Crippen MR) is 76.0 cm³/mol. The number of nitrogens with zero attached hydrogens (tertiary/aromatic N) is 1. The molecular formula is C14H21FN2O2S. The van der Waals surface area contributed by atoms with Gasteiger partial charge in [-0.25, -0.2) is 12.8 Å². The van der Waals surface area contributed by atoms with Gasteiger partial charge in [0.1, 0.15) is 5.82 Å². The molecule has 1 fully saturated rings. The maximum Gasteiger partial charge on any atom is 0.243 e. The lowest BCUT2D eigenvalue weighted by molar-refractivity contribution is 0.202. The number of halogens is 1. The molecule has 0 radical (unpaired) electrons. The van der Waals surface area contributed by atoms with E-state index in [1.165, 1.54) is 16.4 Å². The summed E-state index contributed by atoms with van der Waals surface area (Å²) in [6.45, 7) is 4.51. The lowest BCUT2D eigenvalue weighted by Crippen LogP contribution is -2.46. The summed E-state index contributed by atoms with van der Waals surface area (Å²) in [6.07, 6.45) is 1.85. The first kappa shape index (κ1) is 15.4. The van der Waals surface area contributed by atoms with Crippen molar-refractivity contribution in [1.29, 1.82) is 0 Å². The summed E-state index contributed by atoms with van der Waals surface area (Å²) in [5.74, 6) is -0.258. The van der Waals surface area contributed by atoms with E-state index in [2.05, 4.69) is 0 Å². The monoisotopic (exact) mass is 300 g/mol. The highest BCUT2D eigenvalue weighted by atomic mass is 32.2. The van der Waals surface area contributed by atoms with E-state index in [4.69, 9.17) is 5.73 Å². The number of rotatable bonds is 3. The third-order valence-electron chi connectivity index (χ3n) is 4.15. The molecule has 1 aliphatic rings. The van der Waals surface area contributed by atoms with Crippen LogP contribution in [0.5, 0.6) is 0 Å². The molecule has 20 heavy (non-hydrogen) atoms. The van der Waals surface area contributed by atoms with Crippen LogP contribution in [0.1, 0.15) is 32.3 Å². The Labute approximate surface area is 119 Å². The van der Waals surface area contributed by atoms with Crippen molar-refractivity contribution < 1.29 is 12.8 Å². The van der Waals surface area contributed by atoms with Crippen LogP contribution < -0.4 is 5.73 Å². The van der Waals surface area contributed by atoms with Gasteiger partial charge in [-0.1, -0.05) is 13.0 Å². The standard InChI is InChI=1S/C14H21FN2O2S/c1-10-4-3-7-17(11(10)2)20(18,19)14-8-13(15)6-5-12(14)9-16/h5-6,8,10-11H,3-4,7,9,16H2,1-2H3. The highest BCUT2D eigenvalue weighted by Crippen LogP contribution is 2.30. The fraction of sp³-hybridized carbons (Fsp3) is 0.571. The van der Waals surface area contributed by atoms with Gasteiger partial charge < -0.3 is 5.73 Å². The molecule has 0 aliphatic carbocycles. The van der Waals surface area contributed by atoms with Gasteiger partial charge in [0, 0.05) is 19.1 Å². The maximum absolute atomic E-state index is 13.4. The largest absolute Gasteiger partial charge is 0.326 e. The zero-order valence-electron chi connectivity index (χ0n) is 11.8. The van der Waals surface area contributed by atoms with Crippen LogP contribution >= 0.6 is 0 Å². The van der Waals surface area contributed by atoms with E-state index in [-0.39, 0.29) is 17.5 Å². The van der Waals surface area contributed by atoms with Crippen LogP contribution in [-0.4, -0.2) is 25.3 Å². The molecule has 2 N–H and O–H groups in total. The lowest BCUT2D eigenvalue weighted by Gasteiger charge is -2.37. The SMILES string of the molecule is CC1CCCN(S(=O)(=O)c2cc(F)ccc2CN)C1C. The molecule has 0 saturated carbocycles. The molecule has 0 bridgehead atoms. The van der Waals surface area contributed by atoms with E-state index in [0.29, 0.717) is 18.0 Å². The molecule has 1 aromatic carbocycles. The summed E-state index contributed by atoms with van der Waals surface area (Å²) in [5, 5.41) is 0. The van der Waals surface area contributed by atoms with Crippen molar-refractivity contribution in [2.45, 2.75) is 44.2 Å². The van der Waals surface area contributed by atoms with Crippen LogP contribution in [0.3, 0.4) is 0 Å². The van der Waals surface area contributed by atoms with Crippen LogP contribution in [0.4, 0.5) is 4.39 Å². The Morgan fingerprint density at radius 2 is 2.10 bits per heavy atom. The van der Waals surface area contributed by atoms with Crippen molar-refractivity contribution in [2.75, 3.05) is 6.54 Å². The zero-order chi connectivity index (χ0) is 14.9. The second-order valence-electron chi connectivity index (χ2n) is 5.43. The summed E-state index contributed by atoms with van der Waals surface area (Å²) in [4.78, 5) is 0.000880. The Balaban J connectivity index is 2.47. The summed E-state index contributed by atoms with van der Waals surface area (Å²) >= 11 is 0. The van der Waals surface area contributed by atoms with Gasteiger partial charge in [-0.2, -0.15) is 4.31 Å². The zero-order valence-corrected chi connectivity index (χ0v) is 12.7. The molecule has 1 aliphatic heterocycles. The van der Waals surface area contributed by atoms with E-state index in [9.17, 15) is 12.8 Å². The Kier molecular flexibility index (Phi) is 4.46. The van der Waals surface area contributed by atoms with E-state index < -0.39 is 15.8 Å². The van der Waals surface area contributed by atoms with Gasteiger partial charge in [0.15, 0.2) is 0 Å². The molecule has 1 heterocycles. The molecule has 1 saturated heterocycles. The molecule has 2 unspecified atom stereocenters. The van der Waals surface area contributed by atoms with Crippen molar-refractivity contribution in [1.82, 2.24) is 4.31 Å². The van der Waals surface area contributed by atoms with Crippen molar-refractivity contribution in [3.8, 4) is 0 Å². The van der Waals surface area contributed by atoms with E-state index >= 15 is 0 Å². The fourth-order valence-electron chi connectivity index (χ4n) is 2.70. The average Bonchev–Trinajstić information content (AvgIpc) is 2.41. The molecule has 6 heteroatoms. The first-order valence-corrected chi connectivity index (χ1v) is 8.32. The second kappa shape index (κ2) is 5.79. The summed E-state index contributed by atoms with van der Waals surface area (Å²) < 4.78 is 40.5. The van der Waals surface area contributed by atoms with Gasteiger partial charge >= 0.3 is 0 Å². The van der Waals surface area contributed by atoms with Crippen LogP contribution in [0.15, 0.2) is 23.1 Å². The number of sulfonamides is 1. The molecule has 2 atom stereocenters. The topological polar surface area (TPSA) is 63.4 Å². The Morgan fingerprint density at radius 3 is 2.75 bits per heavy atom. The molecule has 1 aromatic rings. The quantitative estimate of drug-likeness (QED) is 0.929. The number of hydrogen-bond donors (Lipinski definition) is 1. The third-order valence-corrected chi connectivity index (χ3v) is 6.22. The van der Waals surface area contributed by atoms with Crippen LogP contribution in [-0.2, 0) is 16.6 Å². The minimum Gasteiger partial charge on any atom is -0.326 e. The number of hydrogen-bond acceptors (Lipinski definition) is 3. The van der Waals surface area contributed by atoms with E-state index in [1.54, 1.807) is 0 Å². The minimum atomic E-state index is -3.70. The Bertz CT molecular complexity index is 589. The molecule has 0 aromatic heterocycles. The van der Waals surface area contributed by atoms with Gasteiger partial charge in [-0.05, 0) is 43.4 Å². The van der Waals surface area contributed by atoms with Gasteiger partial charge in [-0.15, -0.1) is 0 Å². The van der Waals surface area contributed by atoms with E-state index in [0.717, 1.165) is 18.9 Å². The minimum absolute atomic E-state index is 0.000880. The van der Waals surface area contributed by atoms with Gasteiger partial charge in [0.2, 0.25) is 10.0 Å². The first-order chi connectivity index (χ1) is 9.37. The fourth-order valence-corrected chi connectivity index (χ4v) is 4.71. The number of piperidine rings is 1. The predicted octanol–water partition coefficient (Wildman–Crippen LogP) is 2.09. The average molecular weight is 300 g/mol. The smallest absolute Gasteiger partial charge is 0.243 e. The third kappa shape index (κ3) is 2.73. The molecule has 112 valence electrons. The van der Waals surface area contributed by atoms with Crippen LogP contribution in [0.2, 0.25) is 0 Å². The van der Waals surface area contributed by atoms with Crippen molar-refractivity contribution in [3.63, 3.8) is 0 Å². The molecule has 0 amide bonds. The maximum atomic E-state index is 13.4. The molecule has 4 nitrogen and oxygen atoms in total. The van der Waals surface area contributed by atoms with Crippen molar-refractivity contribution in [2.24, 2.45) is 11.7 Å². The number of nitrogens with two attached hydrogens (primary N) is 1. The lowest BCUT2D eigenvalue weighted by atomic mass is 9.94. The molecular weight excluding hydrogens is 279 g/mol. The summed E-state index contributed by atoms with van der Waals surface area (Å²) in [6, 6.07) is 3.68. The highest BCUT2D eigenvalue weighted by molar-refractivity contribution is 7.89. The first-order valence-electron chi connectivity index (χ1n) is 6.88. The summed E-state index contributed by atoms with van der Waals surface area (Å²) in [7, 11) is -3.70. The normalized spacial score (nSPS) is 24.8. The van der Waals surface area contributed by atoms with Crippen LogP contribution in [0, 0.1) is 11.7 Å². The van der Waals surface area contributed by atoms with Crippen molar-refractivity contribution in [3.05, 3.63) is 29.6 Å². The van der Waals surface area contributed by atoms with Crippen LogP contribution in [0.25, 0.3) is 0 Å². The Morgan fingerprint density at radius 1 is 1.40 bits per heavy atom. The van der Waals surface area contributed by atoms with E-state index in [1.807, 2.05) is 13.8 Å². The summed E-state index contributed by atoms with van der Waals surface area (Å²) in [5.41, 5.74) is 6.04. The second-order valence-corrected chi connectivity index (χ2v) is 7.29. The van der Waals surface area contributed by atoms with Gasteiger partial charge in [0.25, 0.3) is 0 Å². The molecule has 2 rings (SSSR count). The molecule has 0 spiro atoms. The van der Waals surface area contributed by atoms with Gasteiger partial charge in [0.05, 0.1) is 4.90 Å². The van der Waals surface area contributed by atoms with Crippen molar-refractivity contribution >= 4 is 10.0 Å². The highest BCUT2D eigenvalue weighted by Gasteiger charge is 2.35. The number of benzene rings is 1.